The molecular weight excluding hydrogens is 412 g/mol. The summed E-state index contributed by atoms with van der Waals surface area (Å²) >= 11 is 0. The summed E-state index contributed by atoms with van der Waals surface area (Å²) in [4.78, 5) is 16.6. The van der Waals surface area contributed by atoms with Crippen molar-refractivity contribution in [3.05, 3.63) is 47.9 Å². The maximum absolute atomic E-state index is 11.7. The van der Waals surface area contributed by atoms with Crippen molar-refractivity contribution >= 4 is 11.7 Å². The van der Waals surface area contributed by atoms with Gasteiger partial charge in [-0.05, 0) is 62.1 Å². The zero-order valence-electron chi connectivity index (χ0n) is 20.9. The molecular formula is C28H40N2O3. The van der Waals surface area contributed by atoms with Crippen LogP contribution in [0.25, 0.3) is 0 Å². The SMILES string of the molecule is CC(=O)O[C@@H]1[C][C@@]2(O)[C@H](C)CC[C@@H]([C@H](C)CN3CCN(c4ccc(C)cc4)CC3)[C@H]2C=C1C. The van der Waals surface area contributed by atoms with Crippen molar-refractivity contribution in [3.63, 3.8) is 0 Å². The molecule has 1 saturated carbocycles. The van der Waals surface area contributed by atoms with Crippen LogP contribution in [0, 0.1) is 37.0 Å². The van der Waals surface area contributed by atoms with Gasteiger partial charge in [-0.3, -0.25) is 9.69 Å². The van der Waals surface area contributed by atoms with Gasteiger partial charge < -0.3 is 14.7 Å². The number of anilines is 1. The minimum atomic E-state index is -1.04. The highest BCUT2D eigenvalue weighted by molar-refractivity contribution is 5.66. The van der Waals surface area contributed by atoms with E-state index in [9.17, 15) is 9.90 Å². The second-order valence-corrected chi connectivity index (χ2v) is 10.6. The molecule has 5 nitrogen and oxygen atoms in total. The van der Waals surface area contributed by atoms with E-state index in [1.165, 1.54) is 18.2 Å². The largest absolute Gasteiger partial charge is 0.457 e. The van der Waals surface area contributed by atoms with Crippen LogP contribution in [-0.4, -0.2) is 60.4 Å². The Labute approximate surface area is 199 Å². The van der Waals surface area contributed by atoms with Crippen LogP contribution >= 0.6 is 0 Å². The van der Waals surface area contributed by atoms with Crippen LogP contribution in [0.1, 0.15) is 46.1 Å². The lowest BCUT2D eigenvalue weighted by Gasteiger charge is -2.53. The zero-order chi connectivity index (χ0) is 23.8. The number of hydrogen-bond donors (Lipinski definition) is 1. The maximum Gasteiger partial charge on any atom is 0.303 e. The number of carbonyl (C=O) groups is 1. The first-order valence-corrected chi connectivity index (χ1v) is 12.6. The number of piperazine rings is 1. The molecule has 2 radical (unpaired) electrons. The van der Waals surface area contributed by atoms with E-state index >= 15 is 0 Å². The van der Waals surface area contributed by atoms with Gasteiger partial charge in [-0.25, -0.2) is 0 Å². The van der Waals surface area contributed by atoms with Crippen LogP contribution in [0.5, 0.6) is 0 Å². The van der Waals surface area contributed by atoms with Gasteiger partial charge in [0.15, 0.2) is 0 Å². The van der Waals surface area contributed by atoms with Gasteiger partial charge in [0.05, 0.1) is 12.0 Å². The fourth-order valence-corrected chi connectivity index (χ4v) is 6.09. The standard InChI is InChI=1S/C28H40N2O3/c1-19-6-9-24(10-7-19)30-14-12-29(13-15-30)18-21(3)25-11-8-22(4)28(32)17-27(33-23(5)31)20(2)16-26(25)28/h6-7,9-10,16,21-22,25-27,32H,8,11-15,18H2,1-5H3/t21-,22-,25+,26-,27-,28-/m1/s1. The van der Waals surface area contributed by atoms with Gasteiger partial charge in [0.25, 0.3) is 0 Å². The van der Waals surface area contributed by atoms with E-state index in [-0.39, 0.29) is 17.8 Å². The number of carbonyl (C=O) groups excluding carboxylic acids is 1. The van der Waals surface area contributed by atoms with E-state index in [4.69, 9.17) is 4.74 Å². The molecule has 0 unspecified atom stereocenters. The molecule has 5 heteroatoms. The Morgan fingerprint density at radius 2 is 1.85 bits per heavy atom. The highest BCUT2D eigenvalue weighted by atomic mass is 16.5. The summed E-state index contributed by atoms with van der Waals surface area (Å²) in [5, 5.41) is 11.7. The Kier molecular flexibility index (Phi) is 7.20. The van der Waals surface area contributed by atoms with Gasteiger partial charge >= 0.3 is 5.97 Å². The predicted molar refractivity (Wildman–Crippen MR) is 132 cm³/mol. The second-order valence-electron chi connectivity index (χ2n) is 10.6. The van der Waals surface area contributed by atoms with Crippen molar-refractivity contribution in [2.45, 2.75) is 59.2 Å². The van der Waals surface area contributed by atoms with E-state index in [0.717, 1.165) is 51.1 Å². The summed E-state index contributed by atoms with van der Waals surface area (Å²) in [5.41, 5.74) is 2.56. The fourth-order valence-electron chi connectivity index (χ4n) is 6.09. The summed E-state index contributed by atoms with van der Waals surface area (Å²) in [6, 6.07) is 8.83. The van der Waals surface area contributed by atoms with Crippen LogP contribution in [0.4, 0.5) is 5.69 Å². The molecule has 0 amide bonds. The number of aliphatic hydroxyl groups is 1. The molecule has 2 fully saturated rings. The molecule has 0 spiro atoms. The van der Waals surface area contributed by atoms with E-state index in [2.05, 4.69) is 67.3 Å². The van der Waals surface area contributed by atoms with Gasteiger partial charge in [0.2, 0.25) is 0 Å². The third-order valence-electron chi connectivity index (χ3n) is 8.20. The number of aryl methyl sites for hydroxylation is 1. The Morgan fingerprint density at radius 3 is 2.48 bits per heavy atom. The highest BCUT2D eigenvalue weighted by Crippen LogP contribution is 2.50. The normalized spacial score (nSPS) is 33.8. The van der Waals surface area contributed by atoms with E-state index < -0.39 is 11.7 Å². The summed E-state index contributed by atoms with van der Waals surface area (Å²) in [6.07, 6.45) is 7.02. The molecule has 1 aromatic rings. The molecule has 3 aliphatic rings. The Balaban J connectivity index is 1.40. The minimum absolute atomic E-state index is 0.0249. The molecule has 1 aromatic carbocycles. The highest BCUT2D eigenvalue weighted by Gasteiger charge is 2.53. The van der Waals surface area contributed by atoms with Crippen molar-refractivity contribution in [2.24, 2.45) is 23.7 Å². The summed E-state index contributed by atoms with van der Waals surface area (Å²) in [6.45, 7) is 15.3. The minimum Gasteiger partial charge on any atom is -0.457 e. The number of benzene rings is 1. The van der Waals surface area contributed by atoms with Crippen LogP contribution in [0.15, 0.2) is 35.9 Å². The topological polar surface area (TPSA) is 53.0 Å². The van der Waals surface area contributed by atoms with Crippen molar-refractivity contribution < 1.29 is 14.6 Å². The predicted octanol–water partition coefficient (Wildman–Crippen LogP) is 4.12. The lowest BCUT2D eigenvalue weighted by Crippen LogP contribution is -2.57. The molecule has 0 aromatic heterocycles. The average Bonchev–Trinajstić information content (AvgIpc) is 2.77. The number of fused-ring (bicyclic) bond motifs is 1. The Bertz CT molecular complexity index is 858. The van der Waals surface area contributed by atoms with E-state index in [0.29, 0.717) is 11.8 Å². The van der Waals surface area contributed by atoms with Crippen molar-refractivity contribution in [2.75, 3.05) is 37.6 Å². The first kappa shape index (κ1) is 24.3. The molecule has 1 heterocycles. The summed E-state index contributed by atoms with van der Waals surface area (Å²) in [5.74, 6) is 0.655. The molecule has 1 N–H and O–H groups in total. The molecule has 0 bridgehead atoms. The smallest absolute Gasteiger partial charge is 0.303 e. The third-order valence-corrected chi connectivity index (χ3v) is 8.20. The lowest BCUT2D eigenvalue weighted by molar-refractivity contribution is -0.148. The average molecular weight is 453 g/mol. The fraction of sp³-hybridized carbons (Fsp3) is 0.643. The molecule has 6 atom stereocenters. The zero-order valence-corrected chi connectivity index (χ0v) is 20.9. The molecule has 4 rings (SSSR count). The summed E-state index contributed by atoms with van der Waals surface area (Å²) < 4.78 is 5.45. The van der Waals surface area contributed by atoms with Crippen LogP contribution in [0.2, 0.25) is 0 Å². The van der Waals surface area contributed by atoms with Gasteiger partial charge in [0, 0.05) is 51.3 Å². The van der Waals surface area contributed by atoms with Gasteiger partial charge in [-0.15, -0.1) is 0 Å². The van der Waals surface area contributed by atoms with E-state index in [1.54, 1.807) is 0 Å². The molecule has 1 saturated heterocycles. The van der Waals surface area contributed by atoms with E-state index in [1.807, 2.05) is 6.92 Å². The lowest BCUT2D eigenvalue weighted by atomic mass is 9.57. The molecule has 33 heavy (non-hydrogen) atoms. The number of rotatable bonds is 5. The van der Waals surface area contributed by atoms with Gasteiger partial charge in [-0.1, -0.05) is 37.6 Å². The van der Waals surface area contributed by atoms with Crippen molar-refractivity contribution in [1.29, 1.82) is 0 Å². The summed E-state index contributed by atoms with van der Waals surface area (Å²) in [7, 11) is 0. The first-order valence-electron chi connectivity index (χ1n) is 12.6. The van der Waals surface area contributed by atoms with Gasteiger partial charge in [-0.2, -0.15) is 0 Å². The Hall–Kier alpha value is -1.85. The monoisotopic (exact) mass is 452 g/mol. The van der Waals surface area contributed by atoms with Crippen LogP contribution < -0.4 is 4.90 Å². The number of nitrogens with zero attached hydrogens (tertiary/aromatic N) is 2. The van der Waals surface area contributed by atoms with Crippen LogP contribution in [0.3, 0.4) is 0 Å². The quantitative estimate of drug-likeness (QED) is 0.538. The maximum atomic E-state index is 11.7. The molecule has 2 aliphatic carbocycles. The van der Waals surface area contributed by atoms with Crippen LogP contribution in [-0.2, 0) is 9.53 Å². The van der Waals surface area contributed by atoms with Crippen molar-refractivity contribution in [3.8, 4) is 0 Å². The molecule has 180 valence electrons. The number of esters is 1. The first-order chi connectivity index (χ1) is 15.7. The second kappa shape index (κ2) is 9.79. The third kappa shape index (κ3) is 5.14. The number of hydrogen-bond acceptors (Lipinski definition) is 5. The number of ether oxygens (including phenoxy) is 1. The van der Waals surface area contributed by atoms with Crippen molar-refractivity contribution in [1.82, 2.24) is 4.90 Å². The van der Waals surface area contributed by atoms with Gasteiger partial charge in [0.1, 0.15) is 6.10 Å². The molecule has 1 aliphatic heterocycles. The Morgan fingerprint density at radius 1 is 1.18 bits per heavy atom.